The van der Waals surface area contributed by atoms with Gasteiger partial charge in [0.15, 0.2) is 5.11 Å². The summed E-state index contributed by atoms with van der Waals surface area (Å²) < 4.78 is 5.72. The Kier molecular flexibility index (Phi) is 5.84. The van der Waals surface area contributed by atoms with Gasteiger partial charge in [0.2, 0.25) is 0 Å². The smallest absolute Gasteiger partial charge is 0.337 e. The zero-order chi connectivity index (χ0) is 23.0. The van der Waals surface area contributed by atoms with Crippen molar-refractivity contribution in [2.24, 2.45) is 0 Å². The van der Waals surface area contributed by atoms with Crippen LogP contribution in [0.15, 0.2) is 64.6 Å². The Morgan fingerprint density at radius 2 is 1.88 bits per heavy atom. The predicted molar refractivity (Wildman–Crippen MR) is 124 cm³/mol. The van der Waals surface area contributed by atoms with E-state index >= 15 is 0 Å². The Labute approximate surface area is 196 Å². The lowest BCUT2D eigenvalue weighted by Gasteiger charge is -2.28. The summed E-state index contributed by atoms with van der Waals surface area (Å²) in [6.07, 6.45) is 1.30. The van der Waals surface area contributed by atoms with Gasteiger partial charge in [0.25, 0.3) is 11.8 Å². The lowest BCUT2D eigenvalue weighted by molar-refractivity contribution is -0.122. The van der Waals surface area contributed by atoms with E-state index in [0.29, 0.717) is 22.0 Å². The minimum absolute atomic E-state index is 0.0362. The molecule has 2 heterocycles. The molecule has 1 aromatic heterocycles. The van der Waals surface area contributed by atoms with Gasteiger partial charge >= 0.3 is 5.97 Å². The number of carboxylic acid groups (broad SMARTS) is 1. The molecule has 1 aliphatic rings. The predicted octanol–water partition coefficient (Wildman–Crippen LogP) is 4.78. The van der Waals surface area contributed by atoms with Crippen molar-refractivity contribution < 1.29 is 23.9 Å². The van der Waals surface area contributed by atoms with E-state index in [1.165, 1.54) is 23.1 Å². The fourth-order valence-electron chi connectivity index (χ4n) is 3.08. The maximum atomic E-state index is 13.0. The summed E-state index contributed by atoms with van der Waals surface area (Å²) in [4.78, 5) is 37.8. The van der Waals surface area contributed by atoms with Gasteiger partial charge < -0.3 is 9.52 Å². The van der Waals surface area contributed by atoms with Crippen molar-refractivity contribution >= 4 is 70.1 Å². The van der Waals surface area contributed by atoms with E-state index in [1.807, 2.05) is 0 Å². The summed E-state index contributed by atoms with van der Waals surface area (Å²) in [5, 5.41) is 12.0. The second kappa shape index (κ2) is 8.58. The van der Waals surface area contributed by atoms with Crippen molar-refractivity contribution in [1.82, 2.24) is 5.32 Å². The molecule has 0 bridgehead atoms. The molecular formula is C22H12Cl2N2O5S. The number of hydrogen-bond donors (Lipinski definition) is 2. The van der Waals surface area contributed by atoms with Crippen LogP contribution in [0.1, 0.15) is 16.1 Å². The fourth-order valence-corrected chi connectivity index (χ4v) is 3.80. The van der Waals surface area contributed by atoms with E-state index in [2.05, 4.69) is 5.32 Å². The molecule has 2 amide bonds. The molecule has 0 aliphatic carbocycles. The van der Waals surface area contributed by atoms with Crippen LogP contribution in [-0.4, -0.2) is 28.0 Å². The zero-order valence-corrected chi connectivity index (χ0v) is 18.3. The first-order valence-electron chi connectivity index (χ1n) is 9.04. The third-order valence-corrected chi connectivity index (χ3v) is 5.40. The fraction of sp³-hybridized carbons (Fsp3) is 0. The van der Waals surface area contributed by atoms with Crippen LogP contribution >= 0.6 is 35.4 Å². The number of hydrogen-bond acceptors (Lipinski definition) is 5. The summed E-state index contributed by atoms with van der Waals surface area (Å²) in [6.45, 7) is 0. The number of furan rings is 1. The molecule has 1 saturated heterocycles. The number of carboxylic acids is 1. The van der Waals surface area contributed by atoms with Gasteiger partial charge in [-0.15, -0.1) is 0 Å². The number of halogens is 2. The highest BCUT2D eigenvalue weighted by Gasteiger charge is 2.34. The first-order chi connectivity index (χ1) is 15.2. The molecular weight excluding hydrogens is 475 g/mol. The molecule has 1 aliphatic heterocycles. The molecule has 2 N–H and O–H groups in total. The molecule has 0 unspecified atom stereocenters. The maximum absolute atomic E-state index is 13.0. The van der Waals surface area contributed by atoms with E-state index in [0.717, 1.165) is 0 Å². The van der Waals surface area contributed by atoms with Crippen LogP contribution in [0.2, 0.25) is 10.0 Å². The number of carbonyl (C=O) groups is 3. The Bertz CT molecular complexity index is 1330. The largest absolute Gasteiger partial charge is 0.478 e. The van der Waals surface area contributed by atoms with Gasteiger partial charge in [0.05, 0.1) is 16.3 Å². The van der Waals surface area contributed by atoms with Crippen LogP contribution < -0.4 is 10.2 Å². The van der Waals surface area contributed by atoms with Crippen molar-refractivity contribution in [2.75, 3.05) is 4.90 Å². The molecule has 0 radical (unpaired) electrons. The molecule has 0 spiro atoms. The average molecular weight is 487 g/mol. The molecule has 0 atom stereocenters. The Morgan fingerprint density at radius 3 is 2.56 bits per heavy atom. The third-order valence-electron chi connectivity index (χ3n) is 4.57. The monoisotopic (exact) mass is 486 g/mol. The highest BCUT2D eigenvalue weighted by atomic mass is 35.5. The molecule has 1 fully saturated rings. The van der Waals surface area contributed by atoms with Crippen molar-refractivity contribution in [3.8, 4) is 11.3 Å². The van der Waals surface area contributed by atoms with Gasteiger partial charge in [-0.1, -0.05) is 35.3 Å². The van der Waals surface area contributed by atoms with Crippen molar-refractivity contribution in [3.63, 3.8) is 0 Å². The number of nitrogens with one attached hydrogen (secondary N) is 1. The van der Waals surface area contributed by atoms with Crippen molar-refractivity contribution in [2.45, 2.75) is 0 Å². The van der Waals surface area contributed by atoms with Gasteiger partial charge in [-0.2, -0.15) is 0 Å². The van der Waals surface area contributed by atoms with E-state index in [4.69, 9.17) is 44.9 Å². The standard InChI is InChI=1S/C22H12Cl2N2O5S/c23-12-2-1-3-13(9-12)26-20(28)16(19(27)25-22(26)32)10-14-5-7-18(31-14)11-4-6-15(21(29)30)17(24)8-11/h1-10H,(H,29,30)(H,25,27,32)/b16-10-. The molecule has 10 heteroatoms. The topological polar surface area (TPSA) is 99.9 Å². The van der Waals surface area contributed by atoms with Crippen LogP contribution in [0.4, 0.5) is 5.69 Å². The molecule has 160 valence electrons. The number of rotatable bonds is 4. The minimum atomic E-state index is -1.14. The van der Waals surface area contributed by atoms with Crippen molar-refractivity contribution in [3.05, 3.63) is 81.5 Å². The van der Waals surface area contributed by atoms with Crippen LogP contribution in [0.3, 0.4) is 0 Å². The minimum Gasteiger partial charge on any atom is -0.478 e. The van der Waals surface area contributed by atoms with Gasteiger partial charge in [-0.05, 0) is 60.8 Å². The molecule has 3 aromatic rings. The number of aromatic carboxylic acids is 1. The second-order valence-corrected chi connectivity index (χ2v) is 7.87. The number of amides is 2. The third kappa shape index (κ3) is 4.16. The van der Waals surface area contributed by atoms with Crippen LogP contribution in [-0.2, 0) is 9.59 Å². The summed E-state index contributed by atoms with van der Waals surface area (Å²) in [7, 11) is 0. The zero-order valence-electron chi connectivity index (χ0n) is 16.0. The van der Waals surface area contributed by atoms with E-state index in [-0.39, 0.29) is 27.0 Å². The molecule has 2 aromatic carbocycles. The van der Waals surface area contributed by atoms with Crippen LogP contribution in [0, 0.1) is 0 Å². The normalized spacial score (nSPS) is 15.2. The second-order valence-electron chi connectivity index (χ2n) is 6.64. The summed E-state index contributed by atoms with van der Waals surface area (Å²) in [5.74, 6) is -1.83. The Hall–Kier alpha value is -3.46. The van der Waals surface area contributed by atoms with Crippen LogP contribution in [0.5, 0.6) is 0 Å². The maximum Gasteiger partial charge on any atom is 0.337 e. The van der Waals surface area contributed by atoms with Crippen LogP contribution in [0.25, 0.3) is 17.4 Å². The lowest BCUT2D eigenvalue weighted by Crippen LogP contribution is -2.54. The highest BCUT2D eigenvalue weighted by molar-refractivity contribution is 7.80. The lowest BCUT2D eigenvalue weighted by atomic mass is 10.1. The Morgan fingerprint density at radius 1 is 1.09 bits per heavy atom. The molecule has 32 heavy (non-hydrogen) atoms. The highest BCUT2D eigenvalue weighted by Crippen LogP contribution is 2.29. The van der Waals surface area contributed by atoms with E-state index in [9.17, 15) is 14.4 Å². The van der Waals surface area contributed by atoms with Gasteiger partial charge in [0.1, 0.15) is 17.1 Å². The SMILES string of the molecule is O=C1NC(=S)N(c2cccc(Cl)c2)C(=O)/C1=C\c1ccc(-c2ccc(C(=O)O)c(Cl)c2)o1. The van der Waals surface area contributed by atoms with Gasteiger partial charge in [0, 0.05) is 10.6 Å². The average Bonchev–Trinajstić information content (AvgIpc) is 3.19. The molecule has 0 saturated carbocycles. The number of benzene rings is 2. The number of carbonyl (C=O) groups excluding carboxylic acids is 2. The first-order valence-corrected chi connectivity index (χ1v) is 10.2. The van der Waals surface area contributed by atoms with Crippen molar-refractivity contribution in [1.29, 1.82) is 0 Å². The van der Waals surface area contributed by atoms with Gasteiger partial charge in [-0.25, -0.2) is 4.79 Å². The van der Waals surface area contributed by atoms with E-state index < -0.39 is 17.8 Å². The molecule has 4 rings (SSSR count). The quantitative estimate of drug-likeness (QED) is 0.312. The van der Waals surface area contributed by atoms with E-state index in [1.54, 1.807) is 42.5 Å². The Balaban J connectivity index is 1.66. The number of thiocarbonyl (C=S) groups is 1. The number of nitrogens with zero attached hydrogens (tertiary/aromatic N) is 1. The first kappa shape index (κ1) is 21.8. The summed E-state index contributed by atoms with van der Waals surface area (Å²) >= 11 is 17.2. The van der Waals surface area contributed by atoms with Gasteiger partial charge in [-0.3, -0.25) is 19.8 Å². The number of anilines is 1. The molecule has 7 nitrogen and oxygen atoms in total. The summed E-state index contributed by atoms with van der Waals surface area (Å²) in [6, 6.07) is 14.0. The summed E-state index contributed by atoms with van der Waals surface area (Å²) in [5.41, 5.74) is 0.724.